The molecule has 0 saturated heterocycles. The van der Waals surface area contributed by atoms with E-state index in [1.807, 2.05) is 31.2 Å². The number of carbonyl (C=O) groups excluding carboxylic acids is 1. The Kier molecular flexibility index (Phi) is 4.92. The number of halogens is 1. The summed E-state index contributed by atoms with van der Waals surface area (Å²) in [5, 5.41) is 8.48. The van der Waals surface area contributed by atoms with Gasteiger partial charge in [-0.25, -0.2) is 4.79 Å². The summed E-state index contributed by atoms with van der Waals surface area (Å²) in [6.07, 6.45) is 2.23. The molecule has 0 heterocycles. The van der Waals surface area contributed by atoms with Gasteiger partial charge in [0.1, 0.15) is 6.07 Å². The molecule has 0 aromatic heterocycles. The largest absolute Gasteiger partial charge is 0.444 e. The summed E-state index contributed by atoms with van der Waals surface area (Å²) in [5.74, 6) is -0.522. The maximum atomic E-state index is 11.3. The highest BCUT2D eigenvalue weighted by Crippen LogP contribution is 2.19. The molecule has 0 aliphatic carbocycles. The monoisotopic (exact) mass is 293 g/mol. The van der Waals surface area contributed by atoms with Gasteiger partial charge in [-0.1, -0.05) is 28.1 Å². The molecule has 0 amide bonds. The molecular formula is C13H12BrNO2. The van der Waals surface area contributed by atoms with E-state index in [0.29, 0.717) is 0 Å². The third-order valence-corrected chi connectivity index (χ3v) is 2.72. The second kappa shape index (κ2) is 6.21. The van der Waals surface area contributed by atoms with Crippen molar-refractivity contribution in [1.82, 2.24) is 0 Å². The van der Waals surface area contributed by atoms with E-state index in [9.17, 15) is 4.79 Å². The molecule has 0 unspecified atom stereocenters. The molecule has 3 nitrogen and oxygen atoms in total. The third-order valence-electron chi connectivity index (χ3n) is 2.03. The molecular weight excluding hydrogens is 282 g/mol. The molecule has 1 aromatic rings. The highest BCUT2D eigenvalue weighted by atomic mass is 79.9. The van der Waals surface area contributed by atoms with Gasteiger partial charge in [0.15, 0.2) is 6.10 Å². The molecule has 1 atom stereocenters. The number of rotatable bonds is 3. The number of aryl methyl sites for hydroxylation is 1. The zero-order valence-corrected chi connectivity index (χ0v) is 11.2. The van der Waals surface area contributed by atoms with E-state index in [2.05, 4.69) is 15.9 Å². The van der Waals surface area contributed by atoms with Gasteiger partial charge in [0.25, 0.3) is 0 Å². The second-order valence-electron chi connectivity index (χ2n) is 3.57. The van der Waals surface area contributed by atoms with Crippen molar-refractivity contribution in [2.75, 3.05) is 0 Å². The van der Waals surface area contributed by atoms with Crippen molar-refractivity contribution in [2.24, 2.45) is 0 Å². The Morgan fingerprint density at radius 3 is 2.88 bits per heavy atom. The van der Waals surface area contributed by atoms with E-state index in [4.69, 9.17) is 10.00 Å². The van der Waals surface area contributed by atoms with Gasteiger partial charge in [-0.05, 0) is 37.1 Å². The minimum absolute atomic E-state index is 0.522. The van der Waals surface area contributed by atoms with Crippen LogP contribution in [0.25, 0.3) is 6.08 Å². The van der Waals surface area contributed by atoms with Crippen molar-refractivity contribution in [3.05, 3.63) is 39.9 Å². The van der Waals surface area contributed by atoms with Crippen molar-refractivity contribution < 1.29 is 9.53 Å². The lowest BCUT2D eigenvalue weighted by Crippen LogP contribution is -2.10. The van der Waals surface area contributed by atoms with E-state index >= 15 is 0 Å². The summed E-state index contributed by atoms with van der Waals surface area (Å²) < 4.78 is 5.69. The van der Waals surface area contributed by atoms with Gasteiger partial charge in [-0.15, -0.1) is 0 Å². The van der Waals surface area contributed by atoms with Crippen molar-refractivity contribution in [1.29, 1.82) is 5.26 Å². The number of benzene rings is 1. The van der Waals surface area contributed by atoms with E-state index < -0.39 is 12.1 Å². The van der Waals surface area contributed by atoms with Crippen LogP contribution >= 0.6 is 15.9 Å². The van der Waals surface area contributed by atoms with E-state index in [-0.39, 0.29) is 0 Å². The fourth-order valence-electron chi connectivity index (χ4n) is 1.17. The van der Waals surface area contributed by atoms with Gasteiger partial charge >= 0.3 is 5.97 Å². The molecule has 0 N–H and O–H groups in total. The molecule has 0 bridgehead atoms. The fourth-order valence-corrected chi connectivity index (χ4v) is 1.79. The molecule has 17 heavy (non-hydrogen) atoms. The van der Waals surface area contributed by atoms with Gasteiger partial charge in [0.05, 0.1) is 0 Å². The van der Waals surface area contributed by atoms with Crippen LogP contribution in [0.5, 0.6) is 0 Å². The minimum Gasteiger partial charge on any atom is -0.444 e. The topological polar surface area (TPSA) is 50.1 Å². The van der Waals surface area contributed by atoms with Gasteiger partial charge < -0.3 is 4.74 Å². The second-order valence-corrected chi connectivity index (χ2v) is 4.42. The molecule has 88 valence electrons. The first-order valence-electron chi connectivity index (χ1n) is 5.07. The van der Waals surface area contributed by atoms with Crippen LogP contribution in [0, 0.1) is 18.3 Å². The van der Waals surface area contributed by atoms with Crippen LogP contribution in [-0.4, -0.2) is 12.1 Å². The molecule has 4 heteroatoms. The van der Waals surface area contributed by atoms with Crippen LogP contribution in [0.1, 0.15) is 18.1 Å². The molecule has 1 rings (SSSR count). The first kappa shape index (κ1) is 13.5. The van der Waals surface area contributed by atoms with Gasteiger partial charge in [-0.2, -0.15) is 5.26 Å². The lowest BCUT2D eigenvalue weighted by Gasteiger charge is -2.02. The minimum atomic E-state index is -0.728. The number of nitrogens with zero attached hydrogens (tertiary/aromatic N) is 1. The summed E-state index contributed by atoms with van der Waals surface area (Å²) >= 11 is 3.41. The van der Waals surface area contributed by atoms with Gasteiger partial charge in [0, 0.05) is 10.5 Å². The van der Waals surface area contributed by atoms with Crippen molar-refractivity contribution in [3.63, 3.8) is 0 Å². The molecule has 0 fully saturated rings. The Labute approximate surface area is 109 Å². The smallest absolute Gasteiger partial charge is 0.332 e. The quantitative estimate of drug-likeness (QED) is 0.635. The Bertz CT molecular complexity index is 489. The number of hydrogen-bond acceptors (Lipinski definition) is 3. The van der Waals surface area contributed by atoms with E-state index in [1.165, 1.54) is 13.0 Å². The van der Waals surface area contributed by atoms with Crippen LogP contribution in [0.15, 0.2) is 28.7 Å². The number of esters is 1. The highest BCUT2D eigenvalue weighted by Gasteiger charge is 2.04. The predicted molar refractivity (Wildman–Crippen MR) is 69.1 cm³/mol. The zero-order valence-electron chi connectivity index (χ0n) is 9.61. The number of nitriles is 1. The number of ether oxygens (including phenoxy) is 1. The SMILES string of the molecule is Cc1ccc(/C=C/C(=O)O[C@@H](C)C#N)c(Br)c1. The first-order valence-corrected chi connectivity index (χ1v) is 5.86. The summed E-state index contributed by atoms with van der Waals surface area (Å²) in [4.78, 5) is 11.3. The molecule has 0 spiro atoms. The Balaban J connectivity index is 2.71. The van der Waals surface area contributed by atoms with Crippen molar-refractivity contribution in [2.45, 2.75) is 20.0 Å². The molecule has 0 aliphatic rings. The number of carbonyl (C=O) groups is 1. The highest BCUT2D eigenvalue weighted by molar-refractivity contribution is 9.10. The average molecular weight is 294 g/mol. The maximum absolute atomic E-state index is 11.3. The molecule has 0 saturated carbocycles. The zero-order chi connectivity index (χ0) is 12.8. The predicted octanol–water partition coefficient (Wildman–Crippen LogP) is 3.23. The van der Waals surface area contributed by atoms with Crippen LogP contribution in [0.2, 0.25) is 0 Å². The maximum Gasteiger partial charge on any atom is 0.332 e. The van der Waals surface area contributed by atoms with Gasteiger partial charge in [0.2, 0.25) is 0 Å². The lowest BCUT2D eigenvalue weighted by molar-refractivity contribution is -0.139. The van der Waals surface area contributed by atoms with Crippen LogP contribution < -0.4 is 0 Å². The molecule has 1 aromatic carbocycles. The molecule has 0 radical (unpaired) electrons. The first-order chi connectivity index (χ1) is 8.02. The van der Waals surface area contributed by atoms with E-state index in [0.717, 1.165) is 15.6 Å². The third kappa shape index (κ3) is 4.41. The summed E-state index contributed by atoms with van der Waals surface area (Å²) in [6.45, 7) is 3.51. The van der Waals surface area contributed by atoms with Gasteiger partial charge in [-0.3, -0.25) is 0 Å². The number of hydrogen-bond donors (Lipinski definition) is 0. The standard InChI is InChI=1S/C13H12BrNO2/c1-9-3-4-11(12(14)7-9)5-6-13(16)17-10(2)8-15/h3-7,10H,1-2H3/b6-5+/t10-/m0/s1. The normalized spacial score (nSPS) is 12.1. The lowest BCUT2D eigenvalue weighted by atomic mass is 10.1. The van der Waals surface area contributed by atoms with Crippen LogP contribution in [0.4, 0.5) is 0 Å². The summed E-state index contributed by atoms with van der Waals surface area (Å²) in [7, 11) is 0. The Morgan fingerprint density at radius 2 is 2.29 bits per heavy atom. The Hall–Kier alpha value is -1.60. The average Bonchev–Trinajstić information content (AvgIpc) is 2.27. The Morgan fingerprint density at radius 1 is 1.59 bits per heavy atom. The summed E-state index contributed by atoms with van der Waals surface area (Å²) in [5.41, 5.74) is 2.02. The van der Waals surface area contributed by atoms with Crippen molar-refractivity contribution in [3.8, 4) is 6.07 Å². The van der Waals surface area contributed by atoms with Crippen LogP contribution in [0.3, 0.4) is 0 Å². The van der Waals surface area contributed by atoms with E-state index in [1.54, 1.807) is 6.08 Å². The fraction of sp³-hybridized carbons (Fsp3) is 0.231. The van der Waals surface area contributed by atoms with Crippen LogP contribution in [-0.2, 0) is 9.53 Å². The summed E-state index contributed by atoms with van der Waals surface area (Å²) in [6, 6.07) is 7.64. The molecule has 0 aliphatic heterocycles. The van der Waals surface area contributed by atoms with Crippen molar-refractivity contribution >= 4 is 28.0 Å².